The SMILES string of the molecule is C1CCCC2(CC1)CCNC2.Cl. The highest BCUT2D eigenvalue weighted by Gasteiger charge is 2.33. The van der Waals surface area contributed by atoms with Gasteiger partial charge < -0.3 is 5.32 Å². The summed E-state index contributed by atoms with van der Waals surface area (Å²) in [4.78, 5) is 0. The molecule has 1 aliphatic carbocycles. The zero-order chi connectivity index (χ0) is 7.57. The summed E-state index contributed by atoms with van der Waals surface area (Å²) in [7, 11) is 0. The number of rotatable bonds is 0. The Hall–Kier alpha value is 0.250. The van der Waals surface area contributed by atoms with Crippen LogP contribution in [0.25, 0.3) is 0 Å². The summed E-state index contributed by atoms with van der Waals surface area (Å²) < 4.78 is 0. The van der Waals surface area contributed by atoms with E-state index in [9.17, 15) is 0 Å². The van der Waals surface area contributed by atoms with E-state index in [2.05, 4.69) is 5.32 Å². The predicted octanol–water partition coefficient (Wildman–Crippen LogP) is 2.74. The molecule has 12 heavy (non-hydrogen) atoms. The molecule has 2 aliphatic rings. The molecule has 0 atom stereocenters. The monoisotopic (exact) mass is 189 g/mol. The Morgan fingerprint density at radius 1 is 0.833 bits per heavy atom. The largest absolute Gasteiger partial charge is 0.316 e. The number of hydrogen-bond acceptors (Lipinski definition) is 1. The third-order valence-electron chi connectivity index (χ3n) is 3.50. The lowest BCUT2D eigenvalue weighted by molar-refractivity contribution is 0.277. The van der Waals surface area contributed by atoms with Gasteiger partial charge in [0.1, 0.15) is 0 Å². The van der Waals surface area contributed by atoms with E-state index in [-0.39, 0.29) is 12.4 Å². The van der Waals surface area contributed by atoms with E-state index in [1.165, 1.54) is 58.0 Å². The standard InChI is InChI=1S/C10H19N.ClH/c1-2-4-6-10(5-3-1)7-8-11-9-10;/h11H,1-9H2;1H. The summed E-state index contributed by atoms with van der Waals surface area (Å²) in [6, 6.07) is 0. The Labute approximate surface area is 81.7 Å². The highest BCUT2D eigenvalue weighted by atomic mass is 35.5. The van der Waals surface area contributed by atoms with Gasteiger partial charge >= 0.3 is 0 Å². The first-order chi connectivity index (χ1) is 5.41. The molecule has 0 amide bonds. The fraction of sp³-hybridized carbons (Fsp3) is 1.00. The van der Waals surface area contributed by atoms with Crippen molar-refractivity contribution in [2.45, 2.75) is 44.9 Å². The molecule has 0 radical (unpaired) electrons. The maximum absolute atomic E-state index is 3.51. The molecule has 0 aromatic carbocycles. The Morgan fingerprint density at radius 3 is 2.00 bits per heavy atom. The van der Waals surface area contributed by atoms with E-state index < -0.39 is 0 Å². The normalized spacial score (nSPS) is 28.0. The Balaban J connectivity index is 0.000000720. The van der Waals surface area contributed by atoms with E-state index in [1.807, 2.05) is 0 Å². The molecule has 2 heteroatoms. The lowest BCUT2D eigenvalue weighted by atomic mass is 9.80. The zero-order valence-electron chi connectivity index (χ0n) is 7.77. The van der Waals surface area contributed by atoms with Crippen molar-refractivity contribution in [2.24, 2.45) is 5.41 Å². The minimum atomic E-state index is 0. The van der Waals surface area contributed by atoms with Gasteiger partial charge in [0.05, 0.1) is 0 Å². The second-order valence-corrected chi connectivity index (χ2v) is 4.34. The third kappa shape index (κ3) is 2.14. The highest BCUT2D eigenvalue weighted by Crippen LogP contribution is 2.39. The van der Waals surface area contributed by atoms with Crippen LogP contribution in [0, 0.1) is 5.41 Å². The van der Waals surface area contributed by atoms with Crippen LogP contribution in [-0.4, -0.2) is 13.1 Å². The van der Waals surface area contributed by atoms with Crippen molar-refractivity contribution in [3.63, 3.8) is 0 Å². The average Bonchev–Trinajstić information content (AvgIpc) is 2.32. The zero-order valence-corrected chi connectivity index (χ0v) is 8.59. The number of nitrogens with one attached hydrogen (secondary N) is 1. The average molecular weight is 190 g/mol. The predicted molar refractivity (Wildman–Crippen MR) is 54.9 cm³/mol. The maximum Gasteiger partial charge on any atom is 0.000829 e. The molecule has 0 aromatic heterocycles. The van der Waals surface area contributed by atoms with Crippen LogP contribution in [0.5, 0.6) is 0 Å². The minimum absolute atomic E-state index is 0. The first-order valence-corrected chi connectivity index (χ1v) is 5.12. The van der Waals surface area contributed by atoms with E-state index in [4.69, 9.17) is 0 Å². The topological polar surface area (TPSA) is 12.0 Å². The van der Waals surface area contributed by atoms with Crippen molar-refractivity contribution in [1.82, 2.24) is 5.32 Å². The molecular formula is C10H20ClN. The summed E-state index contributed by atoms with van der Waals surface area (Å²) in [5.41, 5.74) is 0.747. The van der Waals surface area contributed by atoms with Gasteiger partial charge in [0, 0.05) is 6.54 Å². The molecule has 1 aliphatic heterocycles. The van der Waals surface area contributed by atoms with Gasteiger partial charge in [0.25, 0.3) is 0 Å². The van der Waals surface area contributed by atoms with Gasteiger partial charge in [-0.2, -0.15) is 0 Å². The molecule has 2 fully saturated rings. The summed E-state index contributed by atoms with van der Waals surface area (Å²) in [5.74, 6) is 0. The second-order valence-electron chi connectivity index (χ2n) is 4.34. The van der Waals surface area contributed by atoms with Crippen molar-refractivity contribution in [3.8, 4) is 0 Å². The van der Waals surface area contributed by atoms with Crippen LogP contribution >= 0.6 is 12.4 Å². The molecule has 1 saturated heterocycles. The molecule has 1 heterocycles. The fourth-order valence-corrected chi connectivity index (χ4v) is 2.70. The van der Waals surface area contributed by atoms with Gasteiger partial charge in [-0.05, 0) is 31.2 Å². The van der Waals surface area contributed by atoms with Crippen molar-refractivity contribution in [1.29, 1.82) is 0 Å². The first kappa shape index (κ1) is 10.3. The smallest absolute Gasteiger partial charge is 0.000829 e. The Bertz CT molecular complexity index is 120. The van der Waals surface area contributed by atoms with Crippen LogP contribution < -0.4 is 5.32 Å². The van der Waals surface area contributed by atoms with Gasteiger partial charge in [-0.25, -0.2) is 0 Å². The van der Waals surface area contributed by atoms with Gasteiger partial charge in [-0.1, -0.05) is 25.7 Å². The first-order valence-electron chi connectivity index (χ1n) is 5.12. The van der Waals surface area contributed by atoms with Gasteiger partial charge in [0.15, 0.2) is 0 Å². The molecule has 2 rings (SSSR count). The van der Waals surface area contributed by atoms with Gasteiger partial charge in [0.2, 0.25) is 0 Å². The quantitative estimate of drug-likeness (QED) is 0.618. The lowest BCUT2D eigenvalue weighted by Crippen LogP contribution is -2.22. The van der Waals surface area contributed by atoms with Crippen LogP contribution in [-0.2, 0) is 0 Å². The molecular weight excluding hydrogens is 170 g/mol. The summed E-state index contributed by atoms with van der Waals surface area (Å²) in [6.07, 6.45) is 10.4. The molecule has 0 unspecified atom stereocenters. The molecule has 1 saturated carbocycles. The summed E-state index contributed by atoms with van der Waals surface area (Å²) in [5, 5.41) is 3.51. The van der Waals surface area contributed by atoms with Crippen LogP contribution in [0.15, 0.2) is 0 Å². The number of hydrogen-bond donors (Lipinski definition) is 1. The van der Waals surface area contributed by atoms with E-state index in [1.54, 1.807) is 0 Å². The van der Waals surface area contributed by atoms with Crippen molar-refractivity contribution >= 4 is 12.4 Å². The molecule has 0 bridgehead atoms. The van der Waals surface area contributed by atoms with Crippen LogP contribution in [0.4, 0.5) is 0 Å². The van der Waals surface area contributed by atoms with Crippen molar-refractivity contribution < 1.29 is 0 Å². The van der Waals surface area contributed by atoms with Crippen LogP contribution in [0.1, 0.15) is 44.9 Å². The Kier molecular flexibility index (Phi) is 3.85. The molecule has 72 valence electrons. The maximum atomic E-state index is 3.51. The van der Waals surface area contributed by atoms with E-state index in [0.29, 0.717) is 0 Å². The summed E-state index contributed by atoms with van der Waals surface area (Å²) >= 11 is 0. The van der Waals surface area contributed by atoms with Gasteiger partial charge in [-0.15, -0.1) is 12.4 Å². The highest BCUT2D eigenvalue weighted by molar-refractivity contribution is 5.85. The number of halogens is 1. The summed E-state index contributed by atoms with van der Waals surface area (Å²) in [6.45, 7) is 2.59. The third-order valence-corrected chi connectivity index (χ3v) is 3.50. The second kappa shape index (κ2) is 4.48. The fourth-order valence-electron chi connectivity index (χ4n) is 2.70. The van der Waals surface area contributed by atoms with E-state index >= 15 is 0 Å². The molecule has 1 N–H and O–H groups in total. The molecule has 1 spiro atoms. The van der Waals surface area contributed by atoms with Crippen molar-refractivity contribution in [3.05, 3.63) is 0 Å². The van der Waals surface area contributed by atoms with Crippen molar-refractivity contribution in [2.75, 3.05) is 13.1 Å². The molecule has 1 nitrogen and oxygen atoms in total. The van der Waals surface area contributed by atoms with E-state index in [0.717, 1.165) is 5.41 Å². The van der Waals surface area contributed by atoms with Crippen LogP contribution in [0.2, 0.25) is 0 Å². The Morgan fingerprint density at radius 2 is 1.50 bits per heavy atom. The molecule has 0 aromatic rings. The lowest BCUT2D eigenvalue weighted by Gasteiger charge is -2.25. The van der Waals surface area contributed by atoms with Gasteiger partial charge in [-0.3, -0.25) is 0 Å². The van der Waals surface area contributed by atoms with Crippen LogP contribution in [0.3, 0.4) is 0 Å². The minimum Gasteiger partial charge on any atom is -0.316 e.